The number of nitrogens with one attached hydrogen (secondary N) is 1. The predicted molar refractivity (Wildman–Crippen MR) is 121 cm³/mol. The number of nitrogens with zero attached hydrogens (tertiary/aromatic N) is 1. The SMILES string of the molecule is CCOC(=O)c1c(NC(=O)CSC(=S)N2CCC(C)CC2)sc2c1CCCC2. The van der Waals surface area contributed by atoms with E-state index in [9.17, 15) is 9.59 Å². The highest BCUT2D eigenvalue weighted by molar-refractivity contribution is 8.23. The summed E-state index contributed by atoms with van der Waals surface area (Å²) >= 11 is 8.43. The van der Waals surface area contributed by atoms with Crippen LogP contribution in [-0.4, -0.2) is 46.5 Å². The number of fused-ring (bicyclic) bond motifs is 1. The number of aryl methyl sites for hydroxylation is 1. The van der Waals surface area contributed by atoms with Crippen LogP contribution in [0.5, 0.6) is 0 Å². The summed E-state index contributed by atoms with van der Waals surface area (Å²) in [5.41, 5.74) is 1.63. The van der Waals surface area contributed by atoms with Crippen molar-refractivity contribution >= 4 is 56.5 Å². The summed E-state index contributed by atoms with van der Waals surface area (Å²) in [7, 11) is 0. The molecule has 1 aromatic rings. The van der Waals surface area contributed by atoms with Crippen LogP contribution >= 0.6 is 35.3 Å². The van der Waals surface area contributed by atoms with Gasteiger partial charge in [0.2, 0.25) is 5.91 Å². The third kappa shape index (κ3) is 5.27. The molecule has 1 N–H and O–H groups in total. The summed E-state index contributed by atoms with van der Waals surface area (Å²) in [5, 5.41) is 3.59. The van der Waals surface area contributed by atoms with Crippen molar-refractivity contribution in [1.29, 1.82) is 0 Å². The molecule has 1 fully saturated rings. The lowest BCUT2D eigenvalue weighted by molar-refractivity contribution is -0.113. The highest BCUT2D eigenvalue weighted by Crippen LogP contribution is 2.38. The van der Waals surface area contributed by atoms with E-state index in [-0.39, 0.29) is 17.6 Å². The second-order valence-corrected chi connectivity index (χ2v) is 10.1. The number of amides is 1. The number of hydrogen-bond acceptors (Lipinski definition) is 6. The number of hydrogen-bond donors (Lipinski definition) is 1. The van der Waals surface area contributed by atoms with Gasteiger partial charge in [-0.15, -0.1) is 11.3 Å². The van der Waals surface area contributed by atoms with Gasteiger partial charge >= 0.3 is 5.97 Å². The summed E-state index contributed by atoms with van der Waals surface area (Å²) in [6.45, 7) is 6.34. The van der Waals surface area contributed by atoms with Crippen molar-refractivity contribution < 1.29 is 14.3 Å². The van der Waals surface area contributed by atoms with E-state index in [1.165, 1.54) is 28.0 Å². The zero-order chi connectivity index (χ0) is 20.1. The molecule has 8 heteroatoms. The van der Waals surface area contributed by atoms with Crippen molar-refractivity contribution in [3.8, 4) is 0 Å². The Morgan fingerprint density at radius 1 is 1.29 bits per heavy atom. The van der Waals surface area contributed by atoms with Gasteiger partial charge in [0, 0.05) is 18.0 Å². The van der Waals surface area contributed by atoms with Crippen LogP contribution in [0.25, 0.3) is 0 Å². The van der Waals surface area contributed by atoms with Gasteiger partial charge in [0.05, 0.1) is 17.9 Å². The van der Waals surface area contributed by atoms with Crippen molar-refractivity contribution in [2.24, 2.45) is 5.92 Å². The fourth-order valence-electron chi connectivity index (χ4n) is 3.65. The fraction of sp³-hybridized carbons (Fsp3) is 0.650. The van der Waals surface area contributed by atoms with E-state index >= 15 is 0 Å². The molecule has 0 atom stereocenters. The number of esters is 1. The molecular weight excluding hydrogens is 412 g/mol. The highest BCUT2D eigenvalue weighted by atomic mass is 32.2. The van der Waals surface area contributed by atoms with Gasteiger partial charge in [-0.2, -0.15) is 0 Å². The molecule has 1 aliphatic carbocycles. The van der Waals surface area contributed by atoms with Gasteiger partial charge in [-0.05, 0) is 56.9 Å². The summed E-state index contributed by atoms with van der Waals surface area (Å²) in [6.07, 6.45) is 6.34. The van der Waals surface area contributed by atoms with Gasteiger partial charge in [0.15, 0.2) is 0 Å². The quantitative estimate of drug-likeness (QED) is 0.538. The number of carbonyl (C=O) groups is 2. The first kappa shape index (κ1) is 21.6. The second-order valence-electron chi connectivity index (χ2n) is 7.41. The molecule has 0 aromatic carbocycles. The summed E-state index contributed by atoms with van der Waals surface area (Å²) < 4.78 is 6.03. The number of piperidine rings is 1. The minimum atomic E-state index is -0.331. The zero-order valence-corrected chi connectivity index (χ0v) is 19.0. The van der Waals surface area contributed by atoms with Gasteiger partial charge in [0.25, 0.3) is 0 Å². The van der Waals surface area contributed by atoms with Crippen LogP contribution in [0.3, 0.4) is 0 Å². The summed E-state index contributed by atoms with van der Waals surface area (Å²) in [6, 6.07) is 0. The van der Waals surface area contributed by atoms with Gasteiger partial charge in [-0.1, -0.05) is 30.9 Å². The first-order valence-electron chi connectivity index (χ1n) is 10.0. The minimum Gasteiger partial charge on any atom is -0.462 e. The molecule has 1 aliphatic heterocycles. The van der Waals surface area contributed by atoms with Crippen LogP contribution in [0.4, 0.5) is 5.00 Å². The Balaban J connectivity index is 1.61. The Morgan fingerprint density at radius 3 is 2.71 bits per heavy atom. The molecule has 2 aliphatic rings. The molecule has 154 valence electrons. The van der Waals surface area contributed by atoms with Crippen LogP contribution in [0.2, 0.25) is 0 Å². The summed E-state index contributed by atoms with van der Waals surface area (Å²) in [5.74, 6) is 0.554. The molecule has 0 unspecified atom stereocenters. The van der Waals surface area contributed by atoms with Crippen molar-refractivity contribution in [2.75, 3.05) is 30.8 Å². The van der Waals surface area contributed by atoms with E-state index < -0.39 is 0 Å². The van der Waals surface area contributed by atoms with Crippen LogP contribution in [0, 0.1) is 5.92 Å². The van der Waals surface area contributed by atoms with E-state index in [2.05, 4.69) is 17.1 Å². The van der Waals surface area contributed by atoms with Crippen molar-refractivity contribution in [3.63, 3.8) is 0 Å². The molecular formula is C20H28N2O3S3. The Bertz CT molecular complexity index is 739. The van der Waals surface area contributed by atoms with Gasteiger partial charge < -0.3 is 15.0 Å². The number of ether oxygens (including phenoxy) is 1. The largest absolute Gasteiger partial charge is 0.462 e. The van der Waals surface area contributed by atoms with Gasteiger partial charge in [-0.25, -0.2) is 4.79 Å². The van der Waals surface area contributed by atoms with E-state index in [1.807, 2.05) is 0 Å². The average Bonchev–Trinajstić information content (AvgIpc) is 3.04. The lowest BCUT2D eigenvalue weighted by Crippen LogP contribution is -2.36. The van der Waals surface area contributed by atoms with Gasteiger partial charge in [-0.3, -0.25) is 4.79 Å². The number of anilines is 1. The van der Waals surface area contributed by atoms with Crippen LogP contribution in [0.15, 0.2) is 0 Å². The molecule has 3 rings (SSSR count). The van der Waals surface area contributed by atoms with Crippen LogP contribution in [0.1, 0.15) is 60.3 Å². The number of carbonyl (C=O) groups excluding carboxylic acids is 2. The number of thioether (sulfide) groups is 1. The molecule has 1 amide bonds. The fourth-order valence-corrected chi connectivity index (χ4v) is 5.99. The first-order chi connectivity index (χ1) is 13.5. The standard InChI is InChI=1S/C20H28N2O3S3/c1-3-25-19(24)17-14-6-4-5-7-15(14)28-18(17)21-16(23)12-27-20(26)22-10-8-13(2)9-11-22/h13H,3-12H2,1-2H3,(H,21,23). The van der Waals surface area contributed by atoms with E-state index in [0.717, 1.165) is 67.4 Å². The molecule has 1 saturated heterocycles. The molecule has 0 radical (unpaired) electrons. The lowest BCUT2D eigenvalue weighted by Gasteiger charge is -2.31. The maximum Gasteiger partial charge on any atom is 0.341 e. The minimum absolute atomic E-state index is 0.123. The van der Waals surface area contributed by atoms with E-state index in [0.29, 0.717) is 17.2 Å². The molecule has 2 heterocycles. The third-order valence-electron chi connectivity index (χ3n) is 5.27. The third-order valence-corrected chi connectivity index (χ3v) is 8.00. The Kier molecular flexibility index (Phi) is 7.77. The summed E-state index contributed by atoms with van der Waals surface area (Å²) in [4.78, 5) is 28.4. The topological polar surface area (TPSA) is 58.6 Å². The molecule has 0 spiro atoms. The maximum absolute atomic E-state index is 12.5. The van der Waals surface area contributed by atoms with Crippen LogP contribution in [-0.2, 0) is 22.4 Å². The molecule has 1 aromatic heterocycles. The second kappa shape index (κ2) is 10.1. The maximum atomic E-state index is 12.5. The zero-order valence-electron chi connectivity index (χ0n) is 16.5. The molecule has 0 saturated carbocycles. The average molecular weight is 441 g/mol. The highest BCUT2D eigenvalue weighted by Gasteiger charge is 2.27. The van der Waals surface area contributed by atoms with E-state index in [1.54, 1.807) is 6.92 Å². The predicted octanol–water partition coefficient (Wildman–Crippen LogP) is 4.49. The number of rotatable bonds is 5. The smallest absolute Gasteiger partial charge is 0.341 e. The number of likely N-dealkylation sites (tertiary alicyclic amines) is 1. The van der Waals surface area contributed by atoms with E-state index in [4.69, 9.17) is 17.0 Å². The van der Waals surface area contributed by atoms with Crippen molar-refractivity contribution in [1.82, 2.24) is 4.90 Å². The lowest BCUT2D eigenvalue weighted by atomic mass is 9.95. The number of thiophene rings is 1. The molecule has 5 nitrogen and oxygen atoms in total. The van der Waals surface area contributed by atoms with Crippen molar-refractivity contribution in [2.45, 2.75) is 52.4 Å². The Labute approximate surface area is 180 Å². The molecule has 28 heavy (non-hydrogen) atoms. The normalized spacial score (nSPS) is 17.1. The Hall–Kier alpha value is -1.12. The van der Waals surface area contributed by atoms with Crippen LogP contribution < -0.4 is 5.32 Å². The first-order valence-corrected chi connectivity index (χ1v) is 12.2. The number of thiocarbonyl (C=S) groups is 1. The van der Waals surface area contributed by atoms with Crippen molar-refractivity contribution in [3.05, 3.63) is 16.0 Å². The Morgan fingerprint density at radius 2 is 2.00 bits per heavy atom. The molecule has 0 bridgehead atoms. The monoisotopic (exact) mass is 440 g/mol. The van der Waals surface area contributed by atoms with Gasteiger partial charge in [0.1, 0.15) is 9.32 Å².